The third-order valence-corrected chi connectivity index (χ3v) is 8.08. The number of aromatic amines is 1. The van der Waals surface area contributed by atoms with E-state index >= 15 is 0 Å². The first-order valence-electron chi connectivity index (χ1n) is 10.9. The molecule has 2 heterocycles. The van der Waals surface area contributed by atoms with Crippen LogP contribution in [0.3, 0.4) is 0 Å². The van der Waals surface area contributed by atoms with Gasteiger partial charge in [0.05, 0.1) is 23.1 Å². The first-order valence-corrected chi connectivity index (χ1v) is 12.4. The maximum absolute atomic E-state index is 13.6. The van der Waals surface area contributed by atoms with E-state index in [1.54, 1.807) is 32.0 Å². The molecule has 0 saturated carbocycles. The van der Waals surface area contributed by atoms with Crippen molar-refractivity contribution in [1.82, 2.24) is 9.29 Å². The van der Waals surface area contributed by atoms with Crippen molar-refractivity contribution in [3.8, 4) is 0 Å². The highest BCUT2D eigenvalue weighted by atomic mass is 32.2. The Morgan fingerprint density at radius 1 is 1.09 bits per heavy atom. The van der Waals surface area contributed by atoms with Crippen molar-refractivity contribution in [2.24, 2.45) is 0 Å². The molecule has 0 atom stereocenters. The van der Waals surface area contributed by atoms with E-state index in [1.165, 1.54) is 40.6 Å². The second-order valence-corrected chi connectivity index (χ2v) is 9.82. The van der Waals surface area contributed by atoms with Crippen LogP contribution in [0, 0.1) is 0 Å². The number of amides is 1. The third kappa shape index (κ3) is 3.99. The molecule has 2 aromatic carbocycles. The number of hydrogen-bond acceptors (Lipinski definition) is 6. The van der Waals surface area contributed by atoms with Crippen molar-refractivity contribution in [2.75, 3.05) is 31.6 Å². The average Bonchev–Trinajstić information content (AvgIpc) is 3.26. The molecule has 9 nitrogen and oxygen atoms in total. The van der Waals surface area contributed by atoms with Gasteiger partial charge in [-0.2, -0.15) is 4.31 Å². The lowest BCUT2D eigenvalue weighted by Crippen LogP contribution is -2.31. The minimum atomic E-state index is -3.76. The van der Waals surface area contributed by atoms with Crippen LogP contribution in [0.2, 0.25) is 0 Å². The molecule has 178 valence electrons. The number of aromatic nitrogens is 1. The predicted octanol–water partition coefficient (Wildman–Crippen LogP) is 2.55. The Labute approximate surface area is 197 Å². The number of sulfonamides is 1. The number of carbonyl (C=O) groups excluding carboxylic acids is 2. The Kier molecular flexibility index (Phi) is 6.28. The maximum Gasteiger partial charge on any atom is 0.337 e. The van der Waals surface area contributed by atoms with Gasteiger partial charge in [0.25, 0.3) is 5.91 Å². The molecule has 0 spiro atoms. The van der Waals surface area contributed by atoms with E-state index in [9.17, 15) is 22.8 Å². The molecule has 10 heteroatoms. The van der Waals surface area contributed by atoms with Gasteiger partial charge in [0.15, 0.2) is 0 Å². The molecule has 0 bridgehead atoms. The van der Waals surface area contributed by atoms with Crippen molar-refractivity contribution in [3.05, 3.63) is 69.5 Å². The molecule has 1 aliphatic rings. The zero-order valence-corrected chi connectivity index (χ0v) is 19.9. The second kappa shape index (κ2) is 9.03. The second-order valence-electron chi connectivity index (χ2n) is 7.89. The molecule has 0 aliphatic carbocycles. The summed E-state index contributed by atoms with van der Waals surface area (Å²) >= 11 is 0. The molecule has 0 radical (unpaired) electrons. The number of hydrogen-bond donors (Lipinski definition) is 1. The number of nitrogens with one attached hydrogen (secondary N) is 1. The van der Waals surface area contributed by atoms with Crippen LogP contribution in [-0.4, -0.2) is 56.3 Å². The standard InChI is InChI=1S/C24H25N3O6S/c1-4-26(5-2)34(31,32)17-7-8-20-18(13-17)19(14-22(28)25-20)23(29)27-11-10-15-12-16(24(30)33-3)6-9-21(15)27/h6-9,12-14H,4-5,10-11H2,1-3H3,(H,25,28). The summed E-state index contributed by atoms with van der Waals surface area (Å²) in [7, 11) is -2.45. The lowest BCUT2D eigenvalue weighted by molar-refractivity contribution is 0.0600. The number of fused-ring (bicyclic) bond motifs is 2. The van der Waals surface area contributed by atoms with Gasteiger partial charge in [-0.05, 0) is 48.4 Å². The largest absolute Gasteiger partial charge is 0.465 e. The zero-order chi connectivity index (χ0) is 24.6. The van der Waals surface area contributed by atoms with E-state index in [0.717, 1.165) is 5.56 Å². The Morgan fingerprint density at radius 3 is 2.50 bits per heavy atom. The molecular weight excluding hydrogens is 458 g/mol. The normalized spacial score (nSPS) is 13.4. The fourth-order valence-corrected chi connectivity index (χ4v) is 5.77. The van der Waals surface area contributed by atoms with Crippen LogP contribution in [0.5, 0.6) is 0 Å². The lowest BCUT2D eigenvalue weighted by Gasteiger charge is -2.20. The minimum Gasteiger partial charge on any atom is -0.465 e. The molecule has 34 heavy (non-hydrogen) atoms. The number of methoxy groups -OCH3 is 1. The summed E-state index contributed by atoms with van der Waals surface area (Å²) in [6.07, 6.45) is 0.536. The topological polar surface area (TPSA) is 117 Å². The third-order valence-electron chi connectivity index (χ3n) is 6.03. The molecule has 0 fully saturated rings. The number of rotatable bonds is 6. The van der Waals surface area contributed by atoms with Gasteiger partial charge in [0.1, 0.15) is 0 Å². The number of benzene rings is 2. The highest BCUT2D eigenvalue weighted by molar-refractivity contribution is 7.89. The number of carbonyl (C=O) groups is 2. The molecule has 4 rings (SSSR count). The van der Waals surface area contributed by atoms with Crippen LogP contribution in [0.15, 0.2) is 52.2 Å². The van der Waals surface area contributed by atoms with Gasteiger partial charge in [0, 0.05) is 42.3 Å². The van der Waals surface area contributed by atoms with Gasteiger partial charge < -0.3 is 14.6 Å². The zero-order valence-electron chi connectivity index (χ0n) is 19.1. The van der Waals surface area contributed by atoms with Crippen molar-refractivity contribution < 1.29 is 22.7 Å². The van der Waals surface area contributed by atoms with Crippen LogP contribution >= 0.6 is 0 Å². The van der Waals surface area contributed by atoms with Crippen LogP contribution in [0.25, 0.3) is 10.9 Å². The summed E-state index contributed by atoms with van der Waals surface area (Å²) in [5.74, 6) is -0.881. The van der Waals surface area contributed by atoms with Gasteiger partial charge >= 0.3 is 5.97 Å². The number of H-pyrrole nitrogens is 1. The van der Waals surface area contributed by atoms with Crippen molar-refractivity contribution >= 4 is 38.5 Å². The van der Waals surface area contributed by atoms with E-state index in [1.807, 2.05) is 0 Å². The SMILES string of the molecule is CCN(CC)S(=O)(=O)c1ccc2[nH]c(=O)cc(C(=O)N3CCc4cc(C(=O)OC)ccc43)c2c1. The van der Waals surface area contributed by atoms with E-state index in [-0.39, 0.29) is 10.5 Å². The van der Waals surface area contributed by atoms with Crippen LogP contribution in [-0.2, 0) is 21.2 Å². The smallest absolute Gasteiger partial charge is 0.337 e. The van der Waals surface area contributed by atoms with E-state index < -0.39 is 27.5 Å². The number of nitrogens with zero attached hydrogens (tertiary/aromatic N) is 2. The maximum atomic E-state index is 13.6. The van der Waals surface area contributed by atoms with Gasteiger partial charge in [-0.15, -0.1) is 0 Å². The molecule has 1 N–H and O–H groups in total. The van der Waals surface area contributed by atoms with Gasteiger partial charge in [-0.25, -0.2) is 13.2 Å². The fraction of sp³-hybridized carbons (Fsp3) is 0.292. The van der Waals surface area contributed by atoms with E-state index in [4.69, 9.17) is 4.74 Å². The van der Waals surface area contributed by atoms with Gasteiger partial charge in [-0.1, -0.05) is 13.8 Å². The van der Waals surface area contributed by atoms with Gasteiger partial charge in [0.2, 0.25) is 15.6 Å². The molecular formula is C24H25N3O6S. The monoisotopic (exact) mass is 483 g/mol. The van der Waals surface area contributed by atoms with Crippen LogP contribution in [0.4, 0.5) is 5.69 Å². The molecule has 1 aromatic heterocycles. The van der Waals surface area contributed by atoms with E-state index in [0.29, 0.717) is 48.2 Å². The van der Waals surface area contributed by atoms with Crippen molar-refractivity contribution in [2.45, 2.75) is 25.2 Å². The first kappa shape index (κ1) is 23.7. The van der Waals surface area contributed by atoms with Gasteiger partial charge in [-0.3, -0.25) is 9.59 Å². The Balaban J connectivity index is 1.80. The molecule has 0 unspecified atom stereocenters. The highest BCUT2D eigenvalue weighted by Gasteiger charge is 2.29. The minimum absolute atomic E-state index is 0.0503. The average molecular weight is 484 g/mol. The first-order chi connectivity index (χ1) is 16.2. The molecule has 1 amide bonds. The Morgan fingerprint density at radius 2 is 1.82 bits per heavy atom. The lowest BCUT2D eigenvalue weighted by atomic mass is 10.1. The summed E-state index contributed by atoms with van der Waals surface area (Å²) in [6, 6.07) is 10.5. The van der Waals surface area contributed by atoms with Crippen molar-refractivity contribution in [1.29, 1.82) is 0 Å². The van der Waals surface area contributed by atoms with Crippen LogP contribution < -0.4 is 10.5 Å². The molecule has 3 aromatic rings. The summed E-state index contributed by atoms with van der Waals surface area (Å²) in [4.78, 5) is 42.0. The number of anilines is 1. The summed E-state index contributed by atoms with van der Waals surface area (Å²) in [6.45, 7) is 4.50. The quantitative estimate of drug-likeness (QED) is 0.539. The Bertz CT molecular complexity index is 1460. The number of pyridine rings is 1. The summed E-state index contributed by atoms with van der Waals surface area (Å²) in [5, 5.41) is 0.345. The number of esters is 1. The van der Waals surface area contributed by atoms with Crippen molar-refractivity contribution in [3.63, 3.8) is 0 Å². The Hall–Kier alpha value is -3.50. The van der Waals surface area contributed by atoms with E-state index in [2.05, 4.69) is 4.98 Å². The predicted molar refractivity (Wildman–Crippen MR) is 128 cm³/mol. The molecule has 0 saturated heterocycles. The van der Waals surface area contributed by atoms with Crippen LogP contribution in [0.1, 0.15) is 40.1 Å². The highest BCUT2D eigenvalue weighted by Crippen LogP contribution is 2.32. The fourth-order valence-electron chi connectivity index (χ4n) is 4.29. The number of ether oxygens (including phenoxy) is 1. The molecule has 1 aliphatic heterocycles. The summed E-state index contributed by atoms with van der Waals surface area (Å²) < 4.78 is 32.2. The summed E-state index contributed by atoms with van der Waals surface area (Å²) in [5.41, 5.74) is 1.86.